The molecule has 2 fully saturated rings. The van der Waals surface area contributed by atoms with Crippen molar-refractivity contribution in [2.24, 2.45) is 0 Å². The molecular weight excluding hydrogens is 190 g/mol. The van der Waals surface area contributed by atoms with Crippen LogP contribution >= 0.6 is 0 Å². The predicted molar refractivity (Wildman–Crippen MR) is 62.0 cm³/mol. The van der Waals surface area contributed by atoms with E-state index in [0.717, 1.165) is 39.3 Å². The third-order valence-corrected chi connectivity index (χ3v) is 2.90. The van der Waals surface area contributed by atoms with Gasteiger partial charge in [0.15, 0.2) is 0 Å². The van der Waals surface area contributed by atoms with Gasteiger partial charge in [-0.3, -0.25) is 0 Å². The Kier molecular flexibility index (Phi) is 4.88. The van der Waals surface area contributed by atoms with E-state index in [-0.39, 0.29) is 6.03 Å². The molecule has 0 bridgehead atoms. The summed E-state index contributed by atoms with van der Waals surface area (Å²) >= 11 is 0. The fourth-order valence-corrected chi connectivity index (χ4v) is 1.71. The molecule has 0 aromatic rings. The van der Waals surface area contributed by atoms with Crippen molar-refractivity contribution in [2.45, 2.75) is 20.3 Å². The summed E-state index contributed by atoms with van der Waals surface area (Å²) in [6.45, 7) is 9.74. The van der Waals surface area contributed by atoms with E-state index in [0.29, 0.717) is 0 Å². The van der Waals surface area contributed by atoms with Gasteiger partial charge in [-0.25, -0.2) is 4.79 Å². The number of rotatable bonds is 0. The summed E-state index contributed by atoms with van der Waals surface area (Å²) in [6, 6.07) is 0.249. The monoisotopic (exact) mass is 213 g/mol. The Morgan fingerprint density at radius 1 is 0.867 bits per heavy atom. The average molecular weight is 213 g/mol. The first-order valence-electron chi connectivity index (χ1n) is 6.00. The Balaban J connectivity index is 0.000000531. The molecule has 4 nitrogen and oxygen atoms in total. The number of urea groups is 1. The van der Waals surface area contributed by atoms with Gasteiger partial charge >= 0.3 is 6.03 Å². The highest BCUT2D eigenvalue weighted by molar-refractivity contribution is 5.75. The second-order valence-corrected chi connectivity index (χ2v) is 3.91. The lowest BCUT2D eigenvalue weighted by atomic mass is 10.2. The van der Waals surface area contributed by atoms with Crippen LogP contribution in [0.15, 0.2) is 0 Å². The lowest BCUT2D eigenvalue weighted by molar-refractivity contribution is 0.103. The van der Waals surface area contributed by atoms with Crippen LogP contribution in [-0.2, 0) is 0 Å². The Morgan fingerprint density at radius 3 is 1.73 bits per heavy atom. The summed E-state index contributed by atoms with van der Waals surface area (Å²) in [7, 11) is 2.10. The largest absolute Gasteiger partial charge is 0.325 e. The highest BCUT2D eigenvalue weighted by Gasteiger charge is 2.27. The maximum absolute atomic E-state index is 11.7. The molecule has 0 aromatic heterocycles. The third kappa shape index (κ3) is 3.09. The van der Waals surface area contributed by atoms with E-state index in [9.17, 15) is 4.79 Å². The number of carbonyl (C=O) groups is 1. The van der Waals surface area contributed by atoms with E-state index in [4.69, 9.17) is 0 Å². The maximum Gasteiger partial charge on any atom is 0.320 e. The van der Waals surface area contributed by atoms with Gasteiger partial charge in [0, 0.05) is 39.3 Å². The van der Waals surface area contributed by atoms with E-state index in [2.05, 4.69) is 11.9 Å². The van der Waals surface area contributed by atoms with Gasteiger partial charge in [0.05, 0.1) is 0 Å². The molecule has 2 aliphatic heterocycles. The molecule has 2 amide bonds. The molecule has 0 saturated carbocycles. The van der Waals surface area contributed by atoms with Gasteiger partial charge in [-0.15, -0.1) is 0 Å². The van der Waals surface area contributed by atoms with Gasteiger partial charge in [0.2, 0.25) is 0 Å². The van der Waals surface area contributed by atoms with E-state index >= 15 is 0 Å². The summed E-state index contributed by atoms with van der Waals surface area (Å²) in [5.41, 5.74) is 0. The summed E-state index contributed by atoms with van der Waals surface area (Å²) in [4.78, 5) is 17.9. The highest BCUT2D eigenvalue weighted by Crippen LogP contribution is 2.11. The molecule has 15 heavy (non-hydrogen) atoms. The number of hydrogen-bond acceptors (Lipinski definition) is 2. The SMILES string of the molecule is CC.CN1CCN(C(=O)N2CCC2)CC1. The number of likely N-dealkylation sites (N-methyl/N-ethyl adjacent to an activating group) is 1. The van der Waals surface area contributed by atoms with E-state index in [1.165, 1.54) is 6.42 Å². The minimum absolute atomic E-state index is 0.249. The van der Waals surface area contributed by atoms with Crippen LogP contribution in [0.3, 0.4) is 0 Å². The minimum atomic E-state index is 0.249. The molecule has 0 N–H and O–H groups in total. The first-order chi connectivity index (χ1) is 7.27. The first-order valence-corrected chi connectivity index (χ1v) is 6.00. The van der Waals surface area contributed by atoms with E-state index < -0.39 is 0 Å². The molecule has 0 aliphatic carbocycles. The van der Waals surface area contributed by atoms with Gasteiger partial charge in [-0.05, 0) is 13.5 Å². The summed E-state index contributed by atoms with van der Waals surface area (Å²) in [6.07, 6.45) is 1.18. The first kappa shape index (κ1) is 12.3. The maximum atomic E-state index is 11.7. The molecule has 0 atom stereocenters. The van der Waals surface area contributed by atoms with Crippen LogP contribution in [0.5, 0.6) is 0 Å². The Hall–Kier alpha value is -0.770. The van der Waals surface area contributed by atoms with Crippen LogP contribution in [0, 0.1) is 0 Å². The van der Waals surface area contributed by atoms with Crippen molar-refractivity contribution in [3.05, 3.63) is 0 Å². The van der Waals surface area contributed by atoms with Crippen molar-refractivity contribution < 1.29 is 4.79 Å². The number of likely N-dealkylation sites (tertiary alicyclic amines) is 1. The van der Waals surface area contributed by atoms with E-state index in [1.54, 1.807) is 0 Å². The van der Waals surface area contributed by atoms with Crippen molar-refractivity contribution in [3.8, 4) is 0 Å². The second kappa shape index (κ2) is 5.95. The number of hydrogen-bond donors (Lipinski definition) is 0. The van der Waals surface area contributed by atoms with E-state index in [1.807, 2.05) is 23.6 Å². The predicted octanol–water partition coefficient (Wildman–Crippen LogP) is 1.09. The Morgan fingerprint density at radius 2 is 1.33 bits per heavy atom. The average Bonchev–Trinajstić information content (AvgIpc) is 2.19. The second-order valence-electron chi connectivity index (χ2n) is 3.91. The molecule has 0 aromatic carbocycles. The molecule has 0 spiro atoms. The molecular formula is C11H23N3O. The topological polar surface area (TPSA) is 26.8 Å². The quantitative estimate of drug-likeness (QED) is 0.602. The molecule has 0 unspecified atom stereocenters. The lowest BCUT2D eigenvalue weighted by Gasteiger charge is -2.39. The summed E-state index contributed by atoms with van der Waals surface area (Å²) in [5, 5.41) is 0. The highest BCUT2D eigenvalue weighted by atomic mass is 16.2. The molecule has 2 rings (SSSR count). The molecule has 88 valence electrons. The number of nitrogens with zero attached hydrogens (tertiary/aromatic N) is 3. The van der Waals surface area contributed by atoms with Crippen LogP contribution in [0.25, 0.3) is 0 Å². The zero-order valence-electron chi connectivity index (χ0n) is 10.2. The van der Waals surface area contributed by atoms with Crippen LogP contribution < -0.4 is 0 Å². The van der Waals surface area contributed by atoms with Gasteiger partial charge in [-0.1, -0.05) is 13.8 Å². The molecule has 2 heterocycles. The molecule has 0 radical (unpaired) electrons. The van der Waals surface area contributed by atoms with Gasteiger partial charge < -0.3 is 14.7 Å². The summed E-state index contributed by atoms with van der Waals surface area (Å²) < 4.78 is 0. The lowest BCUT2D eigenvalue weighted by Crippen LogP contribution is -2.55. The van der Waals surface area contributed by atoms with Gasteiger partial charge in [0.25, 0.3) is 0 Å². The zero-order chi connectivity index (χ0) is 11.3. The Bertz CT molecular complexity index is 196. The molecule has 2 saturated heterocycles. The molecule has 2 aliphatic rings. The number of piperazine rings is 1. The van der Waals surface area contributed by atoms with Crippen molar-refractivity contribution in [3.63, 3.8) is 0 Å². The standard InChI is InChI=1S/C9H17N3O.C2H6/c1-10-5-7-12(8-6-10)9(13)11-3-2-4-11;1-2/h2-8H2,1H3;1-2H3. The fourth-order valence-electron chi connectivity index (χ4n) is 1.71. The zero-order valence-corrected chi connectivity index (χ0v) is 10.2. The third-order valence-electron chi connectivity index (χ3n) is 2.90. The van der Waals surface area contributed by atoms with Crippen molar-refractivity contribution >= 4 is 6.03 Å². The minimum Gasteiger partial charge on any atom is -0.325 e. The smallest absolute Gasteiger partial charge is 0.320 e. The number of carbonyl (C=O) groups excluding carboxylic acids is 1. The van der Waals surface area contributed by atoms with Crippen molar-refractivity contribution in [2.75, 3.05) is 46.3 Å². The normalized spacial score (nSPS) is 21.5. The van der Waals surface area contributed by atoms with Crippen molar-refractivity contribution in [1.82, 2.24) is 14.7 Å². The molecule has 4 heteroatoms. The summed E-state index contributed by atoms with van der Waals surface area (Å²) in [5.74, 6) is 0. The van der Waals surface area contributed by atoms with Gasteiger partial charge in [-0.2, -0.15) is 0 Å². The van der Waals surface area contributed by atoms with Crippen LogP contribution in [0.1, 0.15) is 20.3 Å². The fraction of sp³-hybridized carbons (Fsp3) is 0.909. The number of amides is 2. The van der Waals surface area contributed by atoms with Crippen LogP contribution in [0.4, 0.5) is 4.79 Å². The van der Waals surface area contributed by atoms with Gasteiger partial charge in [0.1, 0.15) is 0 Å². The van der Waals surface area contributed by atoms with Crippen molar-refractivity contribution in [1.29, 1.82) is 0 Å². The van der Waals surface area contributed by atoms with Crippen LogP contribution in [0.2, 0.25) is 0 Å². The van der Waals surface area contributed by atoms with Crippen LogP contribution in [-0.4, -0.2) is 67.0 Å². The Labute approximate surface area is 92.8 Å².